The molecule has 3 heteroatoms. The third-order valence-electron chi connectivity index (χ3n) is 1.38. The average molecular weight is 202 g/mol. The first-order chi connectivity index (χ1) is 5.74. The summed E-state index contributed by atoms with van der Waals surface area (Å²) in [6.45, 7) is 2.74. The summed E-state index contributed by atoms with van der Waals surface area (Å²) in [5.74, 6) is 0. The van der Waals surface area contributed by atoms with Gasteiger partial charge < -0.3 is 0 Å². The average Bonchev–Trinajstić information content (AvgIpc) is 2.03. The maximum Gasteiger partial charge on any atom is 0.0508 e. The lowest BCUT2D eigenvalue weighted by Crippen LogP contribution is -1.83. The molecule has 0 aliphatic carbocycles. The summed E-state index contributed by atoms with van der Waals surface area (Å²) in [4.78, 5) is 4.08. The molecule has 12 heavy (non-hydrogen) atoms. The molecule has 1 rings (SSSR count). The Labute approximate surface area is 82.0 Å². The zero-order valence-electron chi connectivity index (χ0n) is 6.72. The van der Waals surface area contributed by atoms with Crippen LogP contribution in [-0.4, -0.2) is 12.8 Å². The van der Waals surface area contributed by atoms with Crippen molar-refractivity contribution in [3.8, 4) is 0 Å². The van der Waals surface area contributed by atoms with Crippen LogP contribution in [0.4, 0.5) is 0 Å². The molecule has 0 atom stereocenters. The first-order valence-electron chi connectivity index (χ1n) is 3.69. The van der Waals surface area contributed by atoms with E-state index in [0.717, 1.165) is 12.1 Å². The smallest absolute Gasteiger partial charge is 0.0508 e. The summed E-state index contributed by atoms with van der Waals surface area (Å²) in [6, 6.07) is 5.36. The first-order valence-corrected chi connectivity index (χ1v) is 4.44. The second-order valence-corrected chi connectivity index (χ2v) is 3.14. The van der Waals surface area contributed by atoms with Gasteiger partial charge in [-0.05, 0) is 19.1 Å². The molecule has 0 fully saturated rings. The van der Waals surface area contributed by atoms with Gasteiger partial charge in [0.05, 0.1) is 5.02 Å². The molecule has 0 bridgehead atoms. The number of hydrogen-bond donors (Lipinski definition) is 0. The monoisotopic (exact) mass is 201 g/mol. The lowest BCUT2D eigenvalue weighted by atomic mass is 10.2. The van der Waals surface area contributed by atoms with Crippen LogP contribution in [0.2, 0.25) is 10.0 Å². The van der Waals surface area contributed by atoms with Crippen LogP contribution in [0.15, 0.2) is 23.2 Å². The zero-order chi connectivity index (χ0) is 8.97. The summed E-state index contributed by atoms with van der Waals surface area (Å²) < 4.78 is 0. The fourth-order valence-corrected chi connectivity index (χ4v) is 1.25. The van der Waals surface area contributed by atoms with Gasteiger partial charge in [0, 0.05) is 23.3 Å². The van der Waals surface area contributed by atoms with Crippen LogP contribution in [0.1, 0.15) is 12.5 Å². The number of halogens is 2. The predicted octanol–water partition coefficient (Wildman–Crippen LogP) is 3.43. The van der Waals surface area contributed by atoms with Gasteiger partial charge in [0.15, 0.2) is 0 Å². The van der Waals surface area contributed by atoms with Crippen LogP contribution in [0.5, 0.6) is 0 Å². The van der Waals surface area contributed by atoms with Crippen molar-refractivity contribution in [2.45, 2.75) is 6.92 Å². The molecular weight excluding hydrogens is 193 g/mol. The molecule has 1 aromatic carbocycles. The van der Waals surface area contributed by atoms with Crippen molar-refractivity contribution in [1.29, 1.82) is 0 Å². The van der Waals surface area contributed by atoms with Crippen molar-refractivity contribution < 1.29 is 0 Å². The first kappa shape index (κ1) is 9.56. The standard InChI is InChI=1S/C9H9Cl2N/c1-2-12-6-7-3-4-8(10)5-9(7)11/h3-6H,2H2,1H3. The molecular formula is C9H9Cl2N. The predicted molar refractivity (Wildman–Crippen MR) is 54.6 cm³/mol. The van der Waals surface area contributed by atoms with E-state index >= 15 is 0 Å². The van der Waals surface area contributed by atoms with Crippen LogP contribution in [0, 0.1) is 0 Å². The minimum atomic E-state index is 0.639. The lowest BCUT2D eigenvalue weighted by molar-refractivity contribution is 1.14. The van der Waals surface area contributed by atoms with Gasteiger partial charge in [-0.2, -0.15) is 0 Å². The third-order valence-corrected chi connectivity index (χ3v) is 1.94. The topological polar surface area (TPSA) is 12.4 Å². The van der Waals surface area contributed by atoms with Crippen LogP contribution < -0.4 is 0 Å². The van der Waals surface area contributed by atoms with Crippen molar-refractivity contribution >= 4 is 29.4 Å². The molecule has 0 N–H and O–H groups in total. The van der Waals surface area contributed by atoms with Gasteiger partial charge in [-0.1, -0.05) is 29.3 Å². The normalized spacial score (nSPS) is 10.9. The van der Waals surface area contributed by atoms with Gasteiger partial charge in [0.25, 0.3) is 0 Å². The fraction of sp³-hybridized carbons (Fsp3) is 0.222. The Morgan fingerprint density at radius 2 is 2.17 bits per heavy atom. The molecule has 0 saturated heterocycles. The second kappa shape index (κ2) is 4.48. The lowest BCUT2D eigenvalue weighted by Gasteiger charge is -1.96. The van der Waals surface area contributed by atoms with E-state index < -0.39 is 0 Å². The quantitative estimate of drug-likeness (QED) is 0.651. The summed E-state index contributed by atoms with van der Waals surface area (Å²) in [5, 5.41) is 1.29. The SMILES string of the molecule is CCN=Cc1ccc(Cl)cc1Cl. The van der Waals surface area contributed by atoms with Crippen LogP contribution in [-0.2, 0) is 0 Å². The van der Waals surface area contributed by atoms with Crippen LogP contribution >= 0.6 is 23.2 Å². The second-order valence-electron chi connectivity index (χ2n) is 2.29. The fourth-order valence-electron chi connectivity index (χ4n) is 0.796. The van der Waals surface area contributed by atoms with E-state index in [-0.39, 0.29) is 0 Å². The summed E-state index contributed by atoms with van der Waals surface area (Å²) in [5.41, 5.74) is 0.905. The molecule has 1 aromatic rings. The summed E-state index contributed by atoms with van der Waals surface area (Å²) in [6.07, 6.45) is 1.75. The van der Waals surface area contributed by atoms with E-state index in [9.17, 15) is 0 Å². The molecule has 64 valence electrons. The van der Waals surface area contributed by atoms with E-state index in [0.29, 0.717) is 10.0 Å². The Hall–Kier alpha value is -0.530. The Morgan fingerprint density at radius 3 is 2.75 bits per heavy atom. The molecule has 0 aliphatic rings. The zero-order valence-corrected chi connectivity index (χ0v) is 8.23. The van der Waals surface area contributed by atoms with E-state index in [4.69, 9.17) is 23.2 Å². The summed E-state index contributed by atoms with van der Waals surface area (Å²) in [7, 11) is 0. The highest BCUT2D eigenvalue weighted by Gasteiger charge is 1.96. The van der Waals surface area contributed by atoms with Crippen molar-refractivity contribution in [3.63, 3.8) is 0 Å². The molecule has 0 spiro atoms. The molecule has 0 amide bonds. The number of nitrogens with zero attached hydrogens (tertiary/aromatic N) is 1. The number of aliphatic imine (C=N–C) groups is 1. The van der Waals surface area contributed by atoms with Crippen LogP contribution in [0.25, 0.3) is 0 Å². The molecule has 0 radical (unpaired) electrons. The third kappa shape index (κ3) is 2.50. The Bertz CT molecular complexity index is 295. The van der Waals surface area contributed by atoms with Crippen molar-refractivity contribution in [2.75, 3.05) is 6.54 Å². The van der Waals surface area contributed by atoms with Crippen molar-refractivity contribution in [1.82, 2.24) is 0 Å². The minimum absolute atomic E-state index is 0.639. The Morgan fingerprint density at radius 1 is 1.42 bits per heavy atom. The van der Waals surface area contributed by atoms with Gasteiger partial charge in [-0.3, -0.25) is 4.99 Å². The van der Waals surface area contributed by atoms with E-state index in [1.54, 1.807) is 18.3 Å². The highest BCUT2D eigenvalue weighted by Crippen LogP contribution is 2.19. The van der Waals surface area contributed by atoms with Gasteiger partial charge in [0.1, 0.15) is 0 Å². The molecule has 0 heterocycles. The Balaban J connectivity index is 2.94. The largest absolute Gasteiger partial charge is 0.293 e. The number of hydrogen-bond acceptors (Lipinski definition) is 1. The molecule has 1 nitrogen and oxygen atoms in total. The maximum absolute atomic E-state index is 5.89. The van der Waals surface area contributed by atoms with Crippen molar-refractivity contribution in [2.24, 2.45) is 4.99 Å². The highest BCUT2D eigenvalue weighted by atomic mass is 35.5. The number of rotatable bonds is 2. The van der Waals surface area contributed by atoms with E-state index in [1.807, 2.05) is 13.0 Å². The maximum atomic E-state index is 5.89. The van der Waals surface area contributed by atoms with Crippen LogP contribution in [0.3, 0.4) is 0 Å². The van der Waals surface area contributed by atoms with E-state index in [2.05, 4.69) is 4.99 Å². The molecule has 0 aromatic heterocycles. The highest BCUT2D eigenvalue weighted by molar-refractivity contribution is 6.36. The van der Waals surface area contributed by atoms with Gasteiger partial charge in [0.2, 0.25) is 0 Å². The van der Waals surface area contributed by atoms with E-state index in [1.165, 1.54) is 0 Å². The number of benzene rings is 1. The minimum Gasteiger partial charge on any atom is -0.293 e. The van der Waals surface area contributed by atoms with Gasteiger partial charge in [-0.25, -0.2) is 0 Å². The Kier molecular flexibility index (Phi) is 3.57. The molecule has 0 unspecified atom stereocenters. The van der Waals surface area contributed by atoms with Gasteiger partial charge in [-0.15, -0.1) is 0 Å². The van der Waals surface area contributed by atoms with Gasteiger partial charge >= 0.3 is 0 Å². The summed E-state index contributed by atoms with van der Waals surface area (Å²) >= 11 is 11.6. The van der Waals surface area contributed by atoms with Crippen molar-refractivity contribution in [3.05, 3.63) is 33.8 Å². The molecule has 0 aliphatic heterocycles. The molecule has 0 saturated carbocycles.